The molecule has 1 amide bonds. The second-order valence-corrected chi connectivity index (χ2v) is 5.25. The first-order chi connectivity index (χ1) is 9.88. The topological polar surface area (TPSA) is 72.2 Å². The van der Waals surface area contributed by atoms with Gasteiger partial charge in [-0.3, -0.25) is 14.9 Å². The van der Waals surface area contributed by atoms with Crippen LogP contribution >= 0.6 is 34.8 Å². The highest BCUT2D eigenvalue weighted by atomic mass is 35.5. The van der Waals surface area contributed by atoms with Gasteiger partial charge in [0.05, 0.1) is 15.6 Å². The minimum absolute atomic E-state index is 0.0441. The maximum atomic E-state index is 12.1. The molecule has 0 aromatic heterocycles. The lowest BCUT2D eigenvalue weighted by molar-refractivity contribution is -0.384. The molecule has 8 heteroatoms. The minimum atomic E-state index is -0.661. The highest BCUT2D eigenvalue weighted by Gasteiger charge is 2.17. The van der Waals surface area contributed by atoms with E-state index in [1.807, 2.05) is 0 Å². The Kier molecular flexibility index (Phi) is 4.67. The molecule has 5 nitrogen and oxygen atoms in total. The number of nitro groups is 1. The monoisotopic (exact) mass is 344 g/mol. The van der Waals surface area contributed by atoms with Gasteiger partial charge in [0.2, 0.25) is 0 Å². The van der Waals surface area contributed by atoms with E-state index in [2.05, 4.69) is 5.32 Å². The fraction of sp³-hybridized carbons (Fsp3) is 0. The molecule has 0 radical (unpaired) electrons. The number of hydrogen-bond acceptors (Lipinski definition) is 3. The highest BCUT2D eigenvalue weighted by Crippen LogP contribution is 2.28. The van der Waals surface area contributed by atoms with Crippen molar-refractivity contribution in [2.45, 2.75) is 0 Å². The van der Waals surface area contributed by atoms with Gasteiger partial charge in [-0.15, -0.1) is 0 Å². The molecule has 0 spiro atoms. The molecule has 0 saturated carbocycles. The molecule has 2 rings (SSSR count). The van der Waals surface area contributed by atoms with Crippen molar-refractivity contribution in [2.24, 2.45) is 0 Å². The molecular formula is C13H7Cl3N2O3. The zero-order valence-electron chi connectivity index (χ0n) is 10.3. The molecule has 0 heterocycles. The Bertz CT molecular complexity index is 735. The number of rotatable bonds is 3. The fourth-order valence-corrected chi connectivity index (χ4v) is 2.11. The van der Waals surface area contributed by atoms with Crippen molar-refractivity contribution in [1.29, 1.82) is 0 Å². The Balaban J connectivity index is 2.30. The summed E-state index contributed by atoms with van der Waals surface area (Å²) in [5, 5.41) is 14.0. The zero-order chi connectivity index (χ0) is 15.6. The number of anilines is 1. The van der Waals surface area contributed by atoms with E-state index in [0.29, 0.717) is 15.7 Å². The van der Waals surface area contributed by atoms with E-state index in [1.54, 1.807) is 6.07 Å². The van der Waals surface area contributed by atoms with Gasteiger partial charge in [-0.05, 0) is 30.3 Å². The van der Waals surface area contributed by atoms with Crippen LogP contribution in [0.3, 0.4) is 0 Å². The number of nitrogens with one attached hydrogen (secondary N) is 1. The standard InChI is InChI=1S/C13H7Cl3N2O3/c14-8-2-4-9(15)11(6-8)17-13(19)7-1-3-10(16)12(5-7)18(20)21/h1-6H,(H,17,19). The minimum Gasteiger partial charge on any atom is -0.321 e. The molecule has 1 N–H and O–H groups in total. The van der Waals surface area contributed by atoms with Crippen LogP contribution in [0.4, 0.5) is 11.4 Å². The second-order valence-electron chi connectivity index (χ2n) is 4.00. The predicted octanol–water partition coefficient (Wildman–Crippen LogP) is 4.81. The molecule has 0 bridgehead atoms. The van der Waals surface area contributed by atoms with Crippen molar-refractivity contribution in [2.75, 3.05) is 5.32 Å². The maximum absolute atomic E-state index is 12.1. The molecule has 2 aromatic carbocycles. The van der Waals surface area contributed by atoms with E-state index >= 15 is 0 Å². The van der Waals surface area contributed by atoms with Crippen LogP contribution in [-0.2, 0) is 0 Å². The molecular weight excluding hydrogens is 339 g/mol. The molecule has 108 valence electrons. The van der Waals surface area contributed by atoms with Crippen LogP contribution in [0.5, 0.6) is 0 Å². The number of nitrogens with zero attached hydrogens (tertiary/aromatic N) is 1. The first-order valence-corrected chi connectivity index (χ1v) is 6.72. The first kappa shape index (κ1) is 15.6. The van der Waals surface area contributed by atoms with Gasteiger partial charge in [0, 0.05) is 16.7 Å². The average Bonchev–Trinajstić information content (AvgIpc) is 2.43. The maximum Gasteiger partial charge on any atom is 0.288 e. The summed E-state index contributed by atoms with van der Waals surface area (Å²) in [5.41, 5.74) is 0.0513. The summed E-state index contributed by atoms with van der Waals surface area (Å²) < 4.78 is 0. The number of nitro benzene ring substituents is 1. The summed E-state index contributed by atoms with van der Waals surface area (Å²) in [7, 11) is 0. The van der Waals surface area contributed by atoms with E-state index in [4.69, 9.17) is 34.8 Å². The summed E-state index contributed by atoms with van der Waals surface area (Å²) in [5.74, 6) is -0.557. The van der Waals surface area contributed by atoms with Crippen LogP contribution in [-0.4, -0.2) is 10.8 Å². The van der Waals surface area contributed by atoms with Crippen molar-refractivity contribution in [3.63, 3.8) is 0 Å². The summed E-state index contributed by atoms with van der Waals surface area (Å²) in [6, 6.07) is 8.34. The Morgan fingerprint density at radius 1 is 1.05 bits per heavy atom. The summed E-state index contributed by atoms with van der Waals surface area (Å²) in [6.45, 7) is 0. The molecule has 0 aliphatic heterocycles. The second kappa shape index (κ2) is 6.30. The lowest BCUT2D eigenvalue weighted by Gasteiger charge is -2.08. The zero-order valence-corrected chi connectivity index (χ0v) is 12.5. The van der Waals surface area contributed by atoms with Crippen molar-refractivity contribution < 1.29 is 9.72 Å². The van der Waals surface area contributed by atoms with Crippen molar-refractivity contribution in [3.8, 4) is 0 Å². The Morgan fingerprint density at radius 2 is 1.71 bits per heavy atom. The molecule has 2 aromatic rings. The van der Waals surface area contributed by atoms with Gasteiger partial charge in [0.1, 0.15) is 5.02 Å². The van der Waals surface area contributed by atoms with E-state index < -0.39 is 10.8 Å². The first-order valence-electron chi connectivity index (χ1n) is 5.59. The van der Waals surface area contributed by atoms with Gasteiger partial charge in [-0.1, -0.05) is 34.8 Å². The van der Waals surface area contributed by atoms with Crippen molar-refractivity contribution in [1.82, 2.24) is 0 Å². The summed E-state index contributed by atoms with van der Waals surface area (Å²) in [6.07, 6.45) is 0. The van der Waals surface area contributed by atoms with Crippen LogP contribution in [0, 0.1) is 10.1 Å². The largest absolute Gasteiger partial charge is 0.321 e. The van der Waals surface area contributed by atoms with Crippen molar-refractivity contribution >= 4 is 52.1 Å². The van der Waals surface area contributed by atoms with Gasteiger partial charge in [-0.2, -0.15) is 0 Å². The van der Waals surface area contributed by atoms with Crippen molar-refractivity contribution in [3.05, 3.63) is 67.1 Å². The van der Waals surface area contributed by atoms with E-state index in [-0.39, 0.29) is 16.3 Å². The third kappa shape index (κ3) is 3.64. The molecule has 0 unspecified atom stereocenters. The van der Waals surface area contributed by atoms with E-state index in [1.165, 1.54) is 24.3 Å². The van der Waals surface area contributed by atoms with Gasteiger partial charge in [0.15, 0.2) is 0 Å². The molecule has 21 heavy (non-hydrogen) atoms. The Labute approximate surface area is 134 Å². The number of halogens is 3. The third-order valence-electron chi connectivity index (χ3n) is 2.58. The van der Waals surface area contributed by atoms with Crippen LogP contribution in [0.2, 0.25) is 15.1 Å². The van der Waals surface area contributed by atoms with E-state index in [0.717, 1.165) is 6.07 Å². The predicted molar refractivity (Wildman–Crippen MR) is 82.5 cm³/mol. The molecule has 0 fully saturated rings. The lowest BCUT2D eigenvalue weighted by atomic mass is 10.2. The van der Waals surface area contributed by atoms with Crippen LogP contribution in [0.25, 0.3) is 0 Å². The van der Waals surface area contributed by atoms with Crippen LogP contribution in [0.15, 0.2) is 36.4 Å². The number of carbonyl (C=O) groups excluding carboxylic acids is 1. The lowest BCUT2D eigenvalue weighted by Crippen LogP contribution is -2.12. The third-order valence-corrected chi connectivity index (χ3v) is 3.47. The van der Waals surface area contributed by atoms with Crippen LogP contribution in [0.1, 0.15) is 10.4 Å². The van der Waals surface area contributed by atoms with E-state index in [9.17, 15) is 14.9 Å². The van der Waals surface area contributed by atoms with Crippen LogP contribution < -0.4 is 5.32 Å². The number of hydrogen-bond donors (Lipinski definition) is 1. The van der Waals surface area contributed by atoms with Gasteiger partial charge >= 0.3 is 0 Å². The summed E-state index contributed by atoms with van der Waals surface area (Å²) >= 11 is 17.4. The fourth-order valence-electron chi connectivity index (χ4n) is 1.58. The Hall–Kier alpha value is -1.82. The molecule has 0 atom stereocenters. The van der Waals surface area contributed by atoms with Gasteiger partial charge < -0.3 is 5.32 Å². The molecule has 0 aliphatic rings. The summed E-state index contributed by atoms with van der Waals surface area (Å²) in [4.78, 5) is 22.2. The SMILES string of the molecule is O=C(Nc1cc(Cl)ccc1Cl)c1ccc(Cl)c([N+](=O)[O-])c1. The highest BCUT2D eigenvalue weighted by molar-refractivity contribution is 6.36. The van der Waals surface area contributed by atoms with Gasteiger partial charge in [-0.25, -0.2) is 0 Å². The normalized spacial score (nSPS) is 10.2. The smallest absolute Gasteiger partial charge is 0.288 e. The van der Waals surface area contributed by atoms with Gasteiger partial charge in [0.25, 0.3) is 11.6 Å². The molecule has 0 aliphatic carbocycles. The number of carbonyl (C=O) groups is 1. The molecule has 0 saturated heterocycles. The number of benzene rings is 2. The number of amides is 1. The Morgan fingerprint density at radius 3 is 2.38 bits per heavy atom. The quantitative estimate of drug-likeness (QED) is 0.641. The average molecular weight is 346 g/mol.